The third-order valence-electron chi connectivity index (χ3n) is 7.65. The summed E-state index contributed by atoms with van der Waals surface area (Å²) in [5.41, 5.74) is 1.80. The lowest BCUT2D eigenvalue weighted by Crippen LogP contribution is -2.44. The number of carboxylic acid groups (broad SMARTS) is 1. The van der Waals surface area contributed by atoms with Crippen LogP contribution in [0, 0.1) is 11.3 Å². The fourth-order valence-electron chi connectivity index (χ4n) is 5.54. The molecule has 5 aromatic rings. The average Bonchev–Trinajstić information content (AvgIpc) is 3.01. The van der Waals surface area contributed by atoms with Crippen molar-refractivity contribution in [2.75, 3.05) is 6.54 Å². The lowest BCUT2D eigenvalue weighted by Gasteiger charge is -2.33. The lowest BCUT2D eigenvalue weighted by molar-refractivity contribution is -0.144. The summed E-state index contributed by atoms with van der Waals surface area (Å²) in [6.07, 6.45) is 2.28. The Morgan fingerprint density at radius 3 is 2.70 bits per heavy atom. The normalized spacial score (nSPS) is 15.3. The molecule has 8 nitrogen and oxygen atoms in total. The average molecular weight is 595 g/mol. The van der Waals surface area contributed by atoms with Crippen LogP contribution in [0.2, 0.25) is 5.02 Å². The molecule has 1 atom stereocenters. The third-order valence-corrected chi connectivity index (χ3v) is 7.95. The molecule has 6 rings (SSSR count). The van der Waals surface area contributed by atoms with Crippen molar-refractivity contribution in [3.05, 3.63) is 111 Å². The molecule has 216 valence electrons. The van der Waals surface area contributed by atoms with E-state index in [4.69, 9.17) is 25.5 Å². The van der Waals surface area contributed by atoms with Crippen molar-refractivity contribution in [2.45, 2.75) is 38.5 Å². The Morgan fingerprint density at radius 1 is 1.00 bits per heavy atom. The minimum absolute atomic E-state index is 0.158. The van der Waals surface area contributed by atoms with E-state index in [0.717, 1.165) is 29.2 Å². The number of ether oxygens (including phenoxy) is 2. The van der Waals surface area contributed by atoms with Gasteiger partial charge in [0.25, 0.3) is 0 Å². The number of aliphatic carboxylic acids is 1. The number of carboxylic acids is 1. The molecular formula is C34H27ClN2O6. The van der Waals surface area contributed by atoms with Gasteiger partial charge >= 0.3 is 11.6 Å². The van der Waals surface area contributed by atoms with Crippen LogP contribution in [0.15, 0.2) is 88.1 Å². The summed E-state index contributed by atoms with van der Waals surface area (Å²) in [5, 5.41) is 21.7. The number of carbonyl (C=O) groups is 1. The van der Waals surface area contributed by atoms with Crippen LogP contribution in [0.4, 0.5) is 0 Å². The van der Waals surface area contributed by atoms with E-state index in [1.807, 2.05) is 47.4 Å². The van der Waals surface area contributed by atoms with Crippen LogP contribution >= 0.6 is 11.6 Å². The van der Waals surface area contributed by atoms with E-state index in [0.29, 0.717) is 57.3 Å². The number of nitrogens with zero attached hydrogens (tertiary/aromatic N) is 2. The van der Waals surface area contributed by atoms with Crippen LogP contribution < -0.4 is 15.1 Å². The number of benzene rings is 4. The monoisotopic (exact) mass is 594 g/mol. The van der Waals surface area contributed by atoms with E-state index >= 15 is 0 Å². The van der Waals surface area contributed by atoms with Gasteiger partial charge in [0.15, 0.2) is 0 Å². The molecular weight excluding hydrogens is 568 g/mol. The van der Waals surface area contributed by atoms with Crippen LogP contribution in [0.3, 0.4) is 0 Å². The van der Waals surface area contributed by atoms with Crippen molar-refractivity contribution in [1.82, 2.24) is 4.90 Å². The zero-order valence-corrected chi connectivity index (χ0v) is 23.8. The van der Waals surface area contributed by atoms with Gasteiger partial charge in [-0.25, -0.2) is 4.79 Å². The molecule has 0 spiro atoms. The standard InChI is InChI=1S/C34H27ClN2O6/c35-27-15-24(19-37-13-4-3-10-28(37)34(39)40)29(16-31(27)41-20-22-7-5-6-21(14-22)18-36)42-30-17-32(38)43-33-25-9-2-1-8-23(25)11-12-26(30)33/h1-2,5-9,11-12,14-17,28H,3-4,10,13,19-20H2,(H,39,40)/t28-/m0/s1. The summed E-state index contributed by atoms with van der Waals surface area (Å²) in [6, 6.07) is 24.6. The Bertz CT molecular complexity index is 1950. The van der Waals surface area contributed by atoms with E-state index in [1.54, 1.807) is 30.3 Å². The molecule has 1 saturated heterocycles. The van der Waals surface area contributed by atoms with Gasteiger partial charge in [-0.15, -0.1) is 0 Å². The zero-order chi connectivity index (χ0) is 29.9. The second kappa shape index (κ2) is 12.2. The maximum atomic E-state index is 12.7. The van der Waals surface area contributed by atoms with Gasteiger partial charge in [-0.2, -0.15) is 5.26 Å². The third kappa shape index (κ3) is 6.05. The summed E-state index contributed by atoms with van der Waals surface area (Å²) in [4.78, 5) is 26.6. The Balaban J connectivity index is 1.41. The van der Waals surface area contributed by atoms with Gasteiger partial charge in [-0.3, -0.25) is 9.69 Å². The van der Waals surface area contributed by atoms with Crippen molar-refractivity contribution in [3.63, 3.8) is 0 Å². The number of rotatable bonds is 8. The quantitative estimate of drug-likeness (QED) is 0.147. The molecule has 0 bridgehead atoms. The van der Waals surface area contributed by atoms with Crippen LogP contribution in [0.5, 0.6) is 17.2 Å². The molecule has 1 aliphatic heterocycles. The highest BCUT2D eigenvalue weighted by Gasteiger charge is 2.29. The smallest absolute Gasteiger partial charge is 0.339 e. The number of hydrogen-bond acceptors (Lipinski definition) is 7. The molecule has 1 aliphatic rings. The molecule has 1 aromatic heterocycles. The minimum atomic E-state index is -0.869. The Morgan fingerprint density at radius 2 is 1.86 bits per heavy atom. The zero-order valence-electron chi connectivity index (χ0n) is 23.1. The van der Waals surface area contributed by atoms with Gasteiger partial charge in [-0.05, 0) is 54.6 Å². The summed E-state index contributed by atoms with van der Waals surface area (Å²) >= 11 is 6.70. The first-order chi connectivity index (χ1) is 20.9. The summed E-state index contributed by atoms with van der Waals surface area (Å²) in [5.74, 6) is 0.141. The SMILES string of the molecule is N#Cc1cccc(COc2cc(Oc3cc(=O)oc4c3ccc3ccccc34)c(CN3CCCC[C@H]3C(=O)O)cc2Cl)c1. The highest BCUT2D eigenvalue weighted by atomic mass is 35.5. The Hall–Kier alpha value is -4.84. The predicted molar refractivity (Wildman–Crippen MR) is 163 cm³/mol. The highest BCUT2D eigenvalue weighted by molar-refractivity contribution is 6.32. The van der Waals surface area contributed by atoms with Crippen molar-refractivity contribution in [1.29, 1.82) is 5.26 Å². The number of piperidine rings is 1. The fourth-order valence-corrected chi connectivity index (χ4v) is 5.78. The molecule has 0 radical (unpaired) electrons. The number of hydrogen-bond donors (Lipinski definition) is 1. The molecule has 0 unspecified atom stereocenters. The van der Waals surface area contributed by atoms with E-state index < -0.39 is 17.6 Å². The van der Waals surface area contributed by atoms with Gasteiger partial charge in [0.1, 0.15) is 35.5 Å². The minimum Gasteiger partial charge on any atom is -0.487 e. The number of likely N-dealkylation sites (tertiary alicyclic amines) is 1. The molecule has 0 saturated carbocycles. The number of halogens is 1. The molecule has 9 heteroatoms. The van der Waals surface area contributed by atoms with Gasteiger partial charge < -0.3 is 19.0 Å². The lowest BCUT2D eigenvalue weighted by atomic mass is 10.0. The molecule has 1 fully saturated rings. The van der Waals surface area contributed by atoms with E-state index in [9.17, 15) is 20.0 Å². The first kappa shape index (κ1) is 28.3. The topological polar surface area (TPSA) is 113 Å². The summed E-state index contributed by atoms with van der Waals surface area (Å²) < 4.78 is 18.1. The van der Waals surface area contributed by atoms with Gasteiger partial charge in [0, 0.05) is 23.6 Å². The molecule has 43 heavy (non-hydrogen) atoms. The maximum absolute atomic E-state index is 12.7. The van der Waals surface area contributed by atoms with E-state index in [1.165, 1.54) is 6.07 Å². The summed E-state index contributed by atoms with van der Waals surface area (Å²) in [7, 11) is 0. The predicted octanol–water partition coefficient (Wildman–Crippen LogP) is 7.28. The molecule has 0 amide bonds. The molecule has 4 aromatic carbocycles. The first-order valence-electron chi connectivity index (χ1n) is 13.9. The number of nitriles is 1. The molecule has 0 aliphatic carbocycles. The van der Waals surface area contributed by atoms with Crippen LogP contribution in [0.1, 0.15) is 36.0 Å². The van der Waals surface area contributed by atoms with Crippen molar-refractivity contribution in [2.24, 2.45) is 0 Å². The summed E-state index contributed by atoms with van der Waals surface area (Å²) in [6.45, 7) is 1.05. The van der Waals surface area contributed by atoms with Crippen LogP contribution in [-0.4, -0.2) is 28.6 Å². The van der Waals surface area contributed by atoms with E-state index in [2.05, 4.69) is 6.07 Å². The second-order valence-electron chi connectivity index (χ2n) is 10.5. The van der Waals surface area contributed by atoms with Crippen LogP contribution in [-0.2, 0) is 17.9 Å². The largest absolute Gasteiger partial charge is 0.487 e. The van der Waals surface area contributed by atoms with Crippen molar-refractivity contribution < 1.29 is 23.8 Å². The van der Waals surface area contributed by atoms with Crippen LogP contribution in [0.25, 0.3) is 21.7 Å². The van der Waals surface area contributed by atoms with Crippen molar-refractivity contribution >= 4 is 39.3 Å². The first-order valence-corrected chi connectivity index (χ1v) is 14.3. The van der Waals surface area contributed by atoms with E-state index in [-0.39, 0.29) is 13.2 Å². The second-order valence-corrected chi connectivity index (χ2v) is 10.9. The van der Waals surface area contributed by atoms with Gasteiger partial charge in [0.2, 0.25) is 0 Å². The highest BCUT2D eigenvalue weighted by Crippen LogP contribution is 2.39. The number of fused-ring (bicyclic) bond motifs is 3. The van der Waals surface area contributed by atoms with Crippen molar-refractivity contribution in [3.8, 4) is 23.3 Å². The molecule has 1 N–H and O–H groups in total. The Labute approximate surface area is 252 Å². The maximum Gasteiger partial charge on any atom is 0.339 e. The van der Waals surface area contributed by atoms with Gasteiger partial charge in [0.05, 0.1) is 28.1 Å². The fraction of sp³-hybridized carbons (Fsp3) is 0.206. The molecule has 2 heterocycles. The van der Waals surface area contributed by atoms with Gasteiger partial charge in [-0.1, -0.05) is 60.5 Å². The Kier molecular flexibility index (Phi) is 8.01.